The van der Waals surface area contributed by atoms with Gasteiger partial charge >= 0.3 is 0 Å². The van der Waals surface area contributed by atoms with E-state index in [1.54, 1.807) is 12.3 Å². The molecule has 274 valence electrons. The lowest BCUT2D eigenvalue weighted by Gasteiger charge is -2.41. The van der Waals surface area contributed by atoms with Crippen LogP contribution < -0.4 is 15.1 Å². The van der Waals surface area contributed by atoms with Crippen molar-refractivity contribution in [2.24, 2.45) is 5.92 Å². The SMILES string of the molecule is C=CC(=O)N1CCC[C@H]1c1ccc(N2CC(CS(C)(=O)=O)C2)c2cnc(Nc3ccnc(N4CC[C@@H](OC5CCC(C)(O)CC5)[C@@H](F)C4)n3)cc12. The molecule has 12 nitrogen and oxygen atoms in total. The second-order valence-electron chi connectivity index (χ2n) is 15.0. The number of pyridine rings is 1. The van der Waals surface area contributed by atoms with Crippen LogP contribution in [0.2, 0.25) is 0 Å². The summed E-state index contributed by atoms with van der Waals surface area (Å²) >= 11 is 0. The zero-order valence-corrected chi connectivity index (χ0v) is 30.2. The Balaban J connectivity index is 1.09. The number of aromatic nitrogens is 3. The van der Waals surface area contributed by atoms with Crippen LogP contribution in [0.4, 0.5) is 27.7 Å². The summed E-state index contributed by atoms with van der Waals surface area (Å²) in [6.07, 6.45) is 9.43. The number of rotatable bonds is 10. The van der Waals surface area contributed by atoms with Gasteiger partial charge in [-0.2, -0.15) is 4.98 Å². The number of fused-ring (bicyclic) bond motifs is 1. The van der Waals surface area contributed by atoms with Gasteiger partial charge in [0, 0.05) is 61.8 Å². The van der Waals surface area contributed by atoms with E-state index in [2.05, 4.69) is 33.9 Å². The number of nitrogens with zero attached hydrogens (tertiary/aromatic N) is 6. The van der Waals surface area contributed by atoms with Crippen molar-refractivity contribution >= 4 is 49.8 Å². The zero-order valence-electron chi connectivity index (χ0n) is 29.4. The van der Waals surface area contributed by atoms with Crippen molar-refractivity contribution in [3.8, 4) is 0 Å². The number of nitrogens with one attached hydrogen (secondary N) is 1. The summed E-state index contributed by atoms with van der Waals surface area (Å²) in [6, 6.07) is 7.74. The first-order chi connectivity index (χ1) is 24.4. The van der Waals surface area contributed by atoms with Crippen LogP contribution in [0, 0.1) is 5.92 Å². The van der Waals surface area contributed by atoms with E-state index in [1.807, 2.05) is 29.0 Å². The number of piperidine rings is 1. The molecule has 1 aliphatic carbocycles. The molecule has 7 rings (SSSR count). The van der Waals surface area contributed by atoms with Gasteiger partial charge in [-0.3, -0.25) is 4.79 Å². The second kappa shape index (κ2) is 14.3. The average molecular weight is 722 g/mol. The summed E-state index contributed by atoms with van der Waals surface area (Å²) in [4.78, 5) is 32.6. The van der Waals surface area contributed by atoms with Crippen molar-refractivity contribution in [2.75, 3.05) is 59.8 Å². The molecule has 4 fully saturated rings. The number of likely N-dealkylation sites (tertiary alicyclic amines) is 1. The van der Waals surface area contributed by atoms with Crippen molar-refractivity contribution < 1.29 is 27.4 Å². The first kappa shape index (κ1) is 35.5. The molecule has 0 unspecified atom stereocenters. The predicted octanol–water partition coefficient (Wildman–Crippen LogP) is 4.73. The molecular formula is C37H48FN7O5S. The molecule has 2 N–H and O–H groups in total. The maximum Gasteiger partial charge on any atom is 0.246 e. The fourth-order valence-corrected chi connectivity index (χ4v) is 9.24. The summed E-state index contributed by atoms with van der Waals surface area (Å²) < 4.78 is 45.3. The lowest BCUT2D eigenvalue weighted by atomic mass is 9.85. The van der Waals surface area contributed by atoms with Crippen LogP contribution in [0.3, 0.4) is 0 Å². The molecule has 3 aliphatic heterocycles. The quantitative estimate of drug-likeness (QED) is 0.281. The van der Waals surface area contributed by atoms with Crippen LogP contribution in [-0.4, -0.2) is 108 Å². The maximum atomic E-state index is 15.4. The number of anilines is 4. The first-order valence-corrected chi connectivity index (χ1v) is 20.1. The van der Waals surface area contributed by atoms with Crippen molar-refractivity contribution in [2.45, 2.75) is 81.9 Å². The monoisotopic (exact) mass is 721 g/mol. The molecule has 0 spiro atoms. The Labute approximate surface area is 299 Å². The fourth-order valence-electron chi connectivity index (χ4n) is 8.17. The molecule has 1 amide bonds. The summed E-state index contributed by atoms with van der Waals surface area (Å²) in [5, 5.41) is 15.5. The number of benzene rings is 1. The molecule has 14 heteroatoms. The Bertz CT molecular complexity index is 1880. The molecular weight excluding hydrogens is 674 g/mol. The number of sulfone groups is 1. The van der Waals surface area contributed by atoms with Crippen LogP contribution in [0.15, 0.2) is 49.3 Å². The van der Waals surface area contributed by atoms with E-state index in [1.165, 1.54) is 12.3 Å². The molecule has 1 saturated carbocycles. The smallest absolute Gasteiger partial charge is 0.246 e. The zero-order chi connectivity index (χ0) is 35.9. The number of halogens is 1. The minimum absolute atomic E-state index is 0.0308. The number of hydrogen-bond acceptors (Lipinski definition) is 11. The van der Waals surface area contributed by atoms with Crippen molar-refractivity contribution in [1.82, 2.24) is 19.9 Å². The van der Waals surface area contributed by atoms with Gasteiger partial charge in [-0.05, 0) is 87.1 Å². The van der Waals surface area contributed by atoms with E-state index in [0.717, 1.165) is 47.7 Å². The largest absolute Gasteiger partial charge is 0.390 e. The Morgan fingerprint density at radius 1 is 1.08 bits per heavy atom. The first-order valence-electron chi connectivity index (χ1n) is 18.0. The highest BCUT2D eigenvalue weighted by atomic mass is 32.2. The van der Waals surface area contributed by atoms with Crippen LogP contribution in [0.25, 0.3) is 10.8 Å². The summed E-state index contributed by atoms with van der Waals surface area (Å²) in [7, 11) is -3.06. The van der Waals surface area contributed by atoms with Gasteiger partial charge in [-0.15, -0.1) is 0 Å². The van der Waals surface area contributed by atoms with E-state index >= 15 is 4.39 Å². The highest BCUT2D eigenvalue weighted by Crippen LogP contribution is 2.41. The van der Waals surface area contributed by atoms with Crippen molar-refractivity contribution in [1.29, 1.82) is 0 Å². The standard InChI is InChI=1S/C37H48FN7O5S/c1-4-35(46)45-16-5-6-31(45)26-7-8-30(44-20-24(21-44)23-51(3,48)49)28-19-40-34(18-27(26)28)41-33-11-15-39-36(42-33)43-17-12-32(29(38)22-43)50-25-9-13-37(2,47)14-10-25/h4,7-8,11,15,18-19,24-25,29,31-32,47H,1,5-6,9-10,12-14,16-17,20-23H2,2-3H3,(H,39,40,41,42)/t25?,29-,31-,32+,37?/m0/s1. The number of amides is 1. The minimum Gasteiger partial charge on any atom is -0.390 e. The molecule has 4 aliphatic rings. The highest BCUT2D eigenvalue weighted by Gasteiger charge is 2.37. The van der Waals surface area contributed by atoms with E-state index in [9.17, 15) is 18.3 Å². The van der Waals surface area contributed by atoms with Gasteiger partial charge in [-0.25, -0.2) is 22.8 Å². The molecule has 51 heavy (non-hydrogen) atoms. The second-order valence-corrected chi connectivity index (χ2v) is 17.2. The van der Waals surface area contributed by atoms with E-state index in [0.29, 0.717) is 63.0 Å². The summed E-state index contributed by atoms with van der Waals surface area (Å²) in [6.45, 7) is 8.18. The predicted molar refractivity (Wildman–Crippen MR) is 196 cm³/mol. The molecule has 2 aromatic heterocycles. The molecule has 5 heterocycles. The number of carbonyl (C=O) groups is 1. The van der Waals surface area contributed by atoms with Crippen molar-refractivity contribution in [3.05, 3.63) is 54.9 Å². The van der Waals surface area contributed by atoms with Crippen LogP contribution in [0.5, 0.6) is 0 Å². The summed E-state index contributed by atoms with van der Waals surface area (Å²) in [5.41, 5.74) is 1.33. The van der Waals surface area contributed by atoms with Gasteiger partial charge in [0.25, 0.3) is 0 Å². The molecule has 1 aromatic carbocycles. The molecule has 3 aromatic rings. The number of aliphatic hydroxyl groups is 1. The third-order valence-electron chi connectivity index (χ3n) is 10.9. The van der Waals surface area contributed by atoms with Gasteiger partial charge in [0.2, 0.25) is 11.9 Å². The topological polar surface area (TPSA) is 141 Å². The van der Waals surface area contributed by atoms with Crippen LogP contribution in [-0.2, 0) is 19.4 Å². The van der Waals surface area contributed by atoms with Gasteiger partial charge in [-0.1, -0.05) is 12.6 Å². The Morgan fingerprint density at radius 2 is 1.86 bits per heavy atom. The van der Waals surface area contributed by atoms with Crippen molar-refractivity contribution in [3.63, 3.8) is 0 Å². The van der Waals surface area contributed by atoms with E-state index < -0.39 is 27.7 Å². The highest BCUT2D eigenvalue weighted by molar-refractivity contribution is 7.90. The lowest BCUT2D eigenvalue weighted by Crippen LogP contribution is -2.49. The van der Waals surface area contributed by atoms with Gasteiger partial charge in [0.15, 0.2) is 0 Å². The number of carbonyl (C=O) groups excluding carboxylic acids is 1. The number of alkyl halides is 1. The number of hydrogen-bond donors (Lipinski definition) is 2. The van der Waals surface area contributed by atoms with Crippen LogP contribution in [0.1, 0.15) is 63.5 Å². The molecule has 0 radical (unpaired) electrons. The minimum atomic E-state index is -3.06. The van der Waals surface area contributed by atoms with Crippen LogP contribution >= 0.6 is 0 Å². The third kappa shape index (κ3) is 7.97. The Morgan fingerprint density at radius 3 is 2.59 bits per heavy atom. The fraction of sp³-hybridized carbons (Fsp3) is 0.568. The van der Waals surface area contributed by atoms with E-state index in [4.69, 9.17) is 14.7 Å². The van der Waals surface area contributed by atoms with E-state index in [-0.39, 0.29) is 36.3 Å². The molecule has 3 saturated heterocycles. The lowest BCUT2D eigenvalue weighted by molar-refractivity contribution is -0.126. The normalized spacial score (nSPS) is 27.4. The molecule has 3 atom stereocenters. The van der Waals surface area contributed by atoms with Gasteiger partial charge in [0.05, 0.1) is 36.1 Å². The Kier molecular flexibility index (Phi) is 9.94. The number of ether oxygens (including phenoxy) is 1. The third-order valence-corrected chi connectivity index (χ3v) is 11.9. The average Bonchev–Trinajstić information content (AvgIpc) is 3.57. The Hall–Kier alpha value is -3.88. The maximum absolute atomic E-state index is 15.4. The molecule has 0 bridgehead atoms. The van der Waals surface area contributed by atoms with Gasteiger partial charge < -0.3 is 29.9 Å². The van der Waals surface area contributed by atoms with Gasteiger partial charge in [0.1, 0.15) is 27.6 Å². The summed E-state index contributed by atoms with van der Waals surface area (Å²) in [5.74, 6) is 1.64.